The van der Waals surface area contributed by atoms with Crippen molar-refractivity contribution in [3.05, 3.63) is 0 Å². The summed E-state index contributed by atoms with van der Waals surface area (Å²) < 4.78 is 0. The number of carbonyl (C=O) groups excluding carboxylic acids is 1. The third-order valence-corrected chi connectivity index (χ3v) is 5.24. The van der Waals surface area contributed by atoms with Crippen LogP contribution < -0.4 is 10.6 Å². The van der Waals surface area contributed by atoms with Crippen LogP contribution in [0.1, 0.15) is 39.5 Å². The quantitative estimate of drug-likeness (QED) is 0.674. The maximum Gasteiger partial charge on any atom is 0.314 e. The largest absolute Gasteiger partial charge is 0.481 e. The van der Waals surface area contributed by atoms with Crippen LogP contribution in [0.3, 0.4) is 0 Å². The lowest BCUT2D eigenvalue weighted by molar-refractivity contribution is -0.151. The molecule has 0 spiro atoms. The average Bonchev–Trinajstić information content (AvgIpc) is 2.45. The zero-order valence-electron chi connectivity index (χ0n) is 13.3. The summed E-state index contributed by atoms with van der Waals surface area (Å²) in [6.07, 6.45) is 5.16. The van der Waals surface area contributed by atoms with Crippen molar-refractivity contribution in [1.29, 1.82) is 0 Å². The van der Waals surface area contributed by atoms with Crippen molar-refractivity contribution in [2.75, 3.05) is 25.1 Å². The van der Waals surface area contributed by atoms with Gasteiger partial charge in [-0.05, 0) is 49.5 Å². The summed E-state index contributed by atoms with van der Waals surface area (Å²) in [6, 6.07) is -0.262. The van der Waals surface area contributed by atoms with Crippen LogP contribution in [0.4, 0.5) is 4.79 Å². The third-order valence-electron chi connectivity index (χ3n) is 4.33. The highest BCUT2D eigenvalue weighted by molar-refractivity contribution is 7.98. The Kier molecular flexibility index (Phi) is 7.35. The molecule has 0 aliphatic heterocycles. The summed E-state index contributed by atoms with van der Waals surface area (Å²) >= 11 is 1.75. The van der Waals surface area contributed by atoms with E-state index in [1.54, 1.807) is 11.8 Å². The molecule has 1 atom stereocenters. The van der Waals surface area contributed by atoms with E-state index in [0.717, 1.165) is 18.6 Å². The van der Waals surface area contributed by atoms with Crippen molar-refractivity contribution in [3.63, 3.8) is 0 Å². The van der Waals surface area contributed by atoms with E-state index in [1.807, 2.05) is 6.26 Å². The number of aliphatic carboxylic acids is 1. The molecule has 0 aromatic heterocycles. The van der Waals surface area contributed by atoms with E-state index < -0.39 is 11.4 Å². The molecule has 21 heavy (non-hydrogen) atoms. The van der Waals surface area contributed by atoms with Gasteiger partial charge in [-0.15, -0.1) is 0 Å². The van der Waals surface area contributed by atoms with Crippen LogP contribution in [0.5, 0.6) is 0 Å². The second kappa shape index (κ2) is 8.51. The van der Waals surface area contributed by atoms with Crippen molar-refractivity contribution < 1.29 is 14.7 Å². The summed E-state index contributed by atoms with van der Waals surface area (Å²) in [5.41, 5.74) is -0.783. The predicted molar refractivity (Wildman–Crippen MR) is 86.6 cm³/mol. The molecule has 0 aromatic rings. The monoisotopic (exact) mass is 316 g/mol. The van der Waals surface area contributed by atoms with Crippen LogP contribution in [0.15, 0.2) is 0 Å². The van der Waals surface area contributed by atoms with E-state index >= 15 is 0 Å². The third kappa shape index (κ3) is 5.77. The first-order valence-electron chi connectivity index (χ1n) is 7.63. The molecule has 1 unspecified atom stereocenters. The lowest BCUT2D eigenvalue weighted by Crippen LogP contribution is -2.48. The summed E-state index contributed by atoms with van der Waals surface area (Å²) in [5, 5.41) is 15.1. The molecule has 1 rings (SSSR count). The van der Waals surface area contributed by atoms with Gasteiger partial charge in [0.1, 0.15) is 0 Å². The van der Waals surface area contributed by atoms with E-state index in [-0.39, 0.29) is 12.6 Å². The Hall–Kier alpha value is -0.910. The summed E-state index contributed by atoms with van der Waals surface area (Å²) in [4.78, 5) is 23.4. The van der Waals surface area contributed by atoms with Gasteiger partial charge in [-0.2, -0.15) is 11.8 Å². The number of rotatable bonds is 7. The Morgan fingerprint density at radius 2 is 1.95 bits per heavy atom. The molecule has 2 amide bonds. The number of carboxylic acids is 1. The lowest BCUT2D eigenvalue weighted by Gasteiger charge is -2.35. The van der Waals surface area contributed by atoms with Gasteiger partial charge in [0.15, 0.2) is 0 Å². The predicted octanol–water partition coefficient (Wildman–Crippen LogP) is 2.57. The van der Waals surface area contributed by atoms with E-state index in [9.17, 15) is 14.7 Å². The molecule has 1 aliphatic carbocycles. The van der Waals surface area contributed by atoms with E-state index in [0.29, 0.717) is 31.2 Å². The van der Waals surface area contributed by atoms with Gasteiger partial charge in [-0.3, -0.25) is 4.79 Å². The van der Waals surface area contributed by atoms with Gasteiger partial charge in [0.25, 0.3) is 0 Å². The first-order chi connectivity index (χ1) is 9.89. The molecule has 1 fully saturated rings. The average molecular weight is 316 g/mol. The van der Waals surface area contributed by atoms with E-state index in [4.69, 9.17) is 0 Å². The van der Waals surface area contributed by atoms with Gasteiger partial charge < -0.3 is 15.7 Å². The minimum atomic E-state index is -0.787. The Bertz CT molecular complexity index is 355. The standard InChI is InChI=1S/C15H28N2O3S/c1-11-4-6-15(7-5-11,13(18)19)10-17-14(20)16-8-12(2)9-21-3/h11-12H,4-10H2,1-3H3,(H,18,19)(H2,16,17,20). The Morgan fingerprint density at radius 1 is 1.33 bits per heavy atom. The summed E-state index contributed by atoms with van der Waals surface area (Å²) in [5.74, 6) is 1.20. The Balaban J connectivity index is 2.40. The highest BCUT2D eigenvalue weighted by Gasteiger charge is 2.41. The molecule has 6 heteroatoms. The maximum atomic E-state index is 11.8. The molecule has 0 aromatic carbocycles. The molecular weight excluding hydrogens is 288 g/mol. The number of urea groups is 1. The fourth-order valence-electron chi connectivity index (χ4n) is 2.70. The van der Waals surface area contributed by atoms with Crippen molar-refractivity contribution in [2.24, 2.45) is 17.3 Å². The van der Waals surface area contributed by atoms with Crippen LogP contribution in [0.25, 0.3) is 0 Å². The van der Waals surface area contributed by atoms with E-state index in [2.05, 4.69) is 24.5 Å². The van der Waals surface area contributed by atoms with Crippen molar-refractivity contribution >= 4 is 23.8 Å². The topological polar surface area (TPSA) is 78.4 Å². The summed E-state index contributed by atoms with van der Waals surface area (Å²) in [7, 11) is 0. The zero-order valence-corrected chi connectivity index (χ0v) is 14.1. The molecular formula is C15H28N2O3S. The molecule has 0 heterocycles. The number of hydrogen-bond acceptors (Lipinski definition) is 3. The van der Waals surface area contributed by atoms with Gasteiger partial charge >= 0.3 is 12.0 Å². The maximum absolute atomic E-state index is 11.8. The highest BCUT2D eigenvalue weighted by Crippen LogP contribution is 2.38. The number of carbonyl (C=O) groups is 2. The van der Waals surface area contributed by atoms with Crippen molar-refractivity contribution in [1.82, 2.24) is 10.6 Å². The minimum absolute atomic E-state index is 0.220. The number of carboxylic acid groups (broad SMARTS) is 1. The molecule has 122 valence electrons. The van der Waals surface area contributed by atoms with Gasteiger partial charge in [0, 0.05) is 13.1 Å². The van der Waals surface area contributed by atoms with Gasteiger partial charge in [0.2, 0.25) is 0 Å². The number of amides is 2. The van der Waals surface area contributed by atoms with Crippen molar-refractivity contribution in [2.45, 2.75) is 39.5 Å². The molecule has 0 radical (unpaired) electrons. The van der Waals surface area contributed by atoms with Gasteiger partial charge in [-0.25, -0.2) is 4.79 Å². The first-order valence-corrected chi connectivity index (χ1v) is 9.03. The highest BCUT2D eigenvalue weighted by atomic mass is 32.2. The lowest BCUT2D eigenvalue weighted by atomic mass is 9.71. The fraction of sp³-hybridized carbons (Fsp3) is 0.867. The molecule has 0 bridgehead atoms. The number of nitrogens with one attached hydrogen (secondary N) is 2. The fourth-order valence-corrected chi connectivity index (χ4v) is 3.39. The van der Waals surface area contributed by atoms with Crippen LogP contribution in [0, 0.1) is 17.3 Å². The number of hydrogen-bond donors (Lipinski definition) is 3. The zero-order chi connectivity index (χ0) is 15.9. The van der Waals surface area contributed by atoms with Gasteiger partial charge in [-0.1, -0.05) is 13.8 Å². The molecule has 0 saturated heterocycles. The normalized spacial score (nSPS) is 26.9. The number of thioether (sulfide) groups is 1. The summed E-state index contributed by atoms with van der Waals surface area (Å²) in [6.45, 7) is 5.07. The second-order valence-electron chi connectivity index (χ2n) is 6.39. The minimum Gasteiger partial charge on any atom is -0.481 e. The SMILES string of the molecule is CSCC(C)CNC(=O)NCC1(C(=O)O)CCC(C)CC1. The smallest absolute Gasteiger partial charge is 0.314 e. The Labute approximate surface area is 131 Å². The first kappa shape index (κ1) is 18.1. The van der Waals surface area contributed by atoms with Crippen LogP contribution >= 0.6 is 11.8 Å². The van der Waals surface area contributed by atoms with Crippen LogP contribution in [-0.4, -0.2) is 42.2 Å². The molecule has 1 aliphatic rings. The van der Waals surface area contributed by atoms with Crippen molar-refractivity contribution in [3.8, 4) is 0 Å². The second-order valence-corrected chi connectivity index (χ2v) is 7.30. The Morgan fingerprint density at radius 3 is 2.48 bits per heavy atom. The van der Waals surface area contributed by atoms with Gasteiger partial charge in [0.05, 0.1) is 5.41 Å². The molecule has 5 nitrogen and oxygen atoms in total. The molecule has 3 N–H and O–H groups in total. The van der Waals surface area contributed by atoms with E-state index in [1.165, 1.54) is 0 Å². The van der Waals surface area contributed by atoms with Crippen LogP contribution in [0.2, 0.25) is 0 Å². The van der Waals surface area contributed by atoms with Crippen LogP contribution in [-0.2, 0) is 4.79 Å². The molecule has 1 saturated carbocycles.